The molecule has 0 saturated heterocycles. The predicted octanol–water partition coefficient (Wildman–Crippen LogP) is 2.64. The molecule has 0 bridgehead atoms. The van der Waals surface area contributed by atoms with E-state index in [1.807, 2.05) is 6.92 Å². The van der Waals surface area contributed by atoms with Crippen LogP contribution in [0.4, 0.5) is 18.9 Å². The third kappa shape index (κ3) is 8.70. The minimum Gasteiger partial charge on any atom is -0.382 e. The first-order valence-corrected chi connectivity index (χ1v) is 7.95. The van der Waals surface area contributed by atoms with Gasteiger partial charge in [0.25, 0.3) is 0 Å². The zero-order valence-corrected chi connectivity index (χ0v) is 17.0. The fraction of sp³-hybridized carbons (Fsp3) is 0.500. The molecule has 0 aliphatic rings. The molecule has 0 heterocycles. The Bertz CT molecular complexity index is 603. The number of halogens is 4. The van der Waals surface area contributed by atoms with Gasteiger partial charge in [-0.1, -0.05) is 0 Å². The van der Waals surface area contributed by atoms with Crippen LogP contribution >= 0.6 is 24.0 Å². The van der Waals surface area contributed by atoms with E-state index in [1.165, 1.54) is 0 Å². The number of nitrogens with zero attached hydrogens (tertiary/aromatic N) is 1. The first-order valence-electron chi connectivity index (χ1n) is 7.95. The van der Waals surface area contributed by atoms with E-state index in [2.05, 4.69) is 20.9 Å². The van der Waals surface area contributed by atoms with E-state index >= 15 is 0 Å². The van der Waals surface area contributed by atoms with Crippen LogP contribution in [0.2, 0.25) is 0 Å². The number of benzene rings is 1. The van der Waals surface area contributed by atoms with E-state index in [0.29, 0.717) is 25.7 Å². The zero-order valence-electron chi connectivity index (χ0n) is 14.7. The topological polar surface area (TPSA) is 74.8 Å². The van der Waals surface area contributed by atoms with Crippen molar-refractivity contribution in [1.82, 2.24) is 10.6 Å². The van der Waals surface area contributed by atoms with Gasteiger partial charge in [-0.3, -0.25) is 9.79 Å². The molecule has 0 radical (unpaired) electrons. The highest BCUT2D eigenvalue weighted by molar-refractivity contribution is 14.0. The minimum atomic E-state index is -1.63. The molecule has 1 aromatic carbocycles. The molecule has 148 valence electrons. The molecular formula is C16H24F3IN4O2. The summed E-state index contributed by atoms with van der Waals surface area (Å²) in [6.45, 7) is 3.74. The highest BCUT2D eigenvalue weighted by Gasteiger charge is 2.15. The second kappa shape index (κ2) is 13.6. The van der Waals surface area contributed by atoms with Gasteiger partial charge in [-0.25, -0.2) is 13.2 Å². The molecule has 1 aromatic rings. The molecule has 6 nitrogen and oxygen atoms in total. The summed E-state index contributed by atoms with van der Waals surface area (Å²) in [5, 5.41) is 7.92. The summed E-state index contributed by atoms with van der Waals surface area (Å²) in [6, 6.07) is 1.70. The summed E-state index contributed by atoms with van der Waals surface area (Å²) in [5.41, 5.74) is -0.426. The summed E-state index contributed by atoms with van der Waals surface area (Å²) < 4.78 is 44.7. The number of carbonyl (C=O) groups excluding carboxylic acids is 1. The van der Waals surface area contributed by atoms with E-state index < -0.39 is 29.0 Å². The average Bonchev–Trinajstić information content (AvgIpc) is 2.61. The lowest BCUT2D eigenvalue weighted by atomic mass is 10.2. The van der Waals surface area contributed by atoms with Gasteiger partial charge in [0.05, 0.1) is 12.2 Å². The van der Waals surface area contributed by atoms with Crippen LogP contribution in [-0.2, 0) is 9.53 Å². The average molecular weight is 488 g/mol. The molecule has 0 aromatic heterocycles. The number of nitrogens with one attached hydrogen (secondary N) is 3. The van der Waals surface area contributed by atoms with Crippen molar-refractivity contribution in [2.75, 3.05) is 38.7 Å². The normalized spacial score (nSPS) is 10.9. The summed E-state index contributed by atoms with van der Waals surface area (Å²) >= 11 is 0. The number of guanidine groups is 1. The van der Waals surface area contributed by atoms with E-state index in [4.69, 9.17) is 4.74 Å². The standard InChI is InChI=1S/C16H23F3N4O2.HI/c1-3-25-9-5-4-8-21-16(20-2)22-10-13(24)23-12-7-6-11(17)14(18)15(12)19;/h6-7H,3-5,8-10H2,1-2H3,(H,23,24)(H2,20,21,22);1H. The van der Waals surface area contributed by atoms with Crippen molar-refractivity contribution in [3.63, 3.8) is 0 Å². The molecular weight excluding hydrogens is 464 g/mol. The first-order chi connectivity index (χ1) is 12.0. The second-order valence-electron chi connectivity index (χ2n) is 5.03. The molecule has 0 spiro atoms. The van der Waals surface area contributed by atoms with Gasteiger partial charge in [-0.2, -0.15) is 0 Å². The van der Waals surface area contributed by atoms with Crippen LogP contribution in [0.5, 0.6) is 0 Å². The number of rotatable bonds is 9. The fourth-order valence-electron chi connectivity index (χ4n) is 1.88. The number of unbranched alkanes of at least 4 members (excludes halogenated alkanes) is 1. The van der Waals surface area contributed by atoms with Gasteiger partial charge in [-0.15, -0.1) is 24.0 Å². The quantitative estimate of drug-likeness (QED) is 0.164. The van der Waals surface area contributed by atoms with Gasteiger partial charge in [0.2, 0.25) is 5.91 Å². The number of carbonyl (C=O) groups is 1. The van der Waals surface area contributed by atoms with Crippen molar-refractivity contribution in [2.45, 2.75) is 19.8 Å². The molecule has 10 heteroatoms. The molecule has 0 fully saturated rings. The Balaban J connectivity index is 0.00000625. The van der Waals surface area contributed by atoms with E-state index in [1.54, 1.807) is 7.05 Å². The molecule has 0 unspecified atom stereocenters. The van der Waals surface area contributed by atoms with E-state index in [-0.39, 0.29) is 30.5 Å². The zero-order chi connectivity index (χ0) is 18.7. The van der Waals surface area contributed by atoms with Crippen molar-refractivity contribution >= 4 is 41.5 Å². The van der Waals surface area contributed by atoms with Crippen LogP contribution in [0.1, 0.15) is 19.8 Å². The highest BCUT2D eigenvalue weighted by atomic mass is 127. The maximum absolute atomic E-state index is 13.5. The predicted molar refractivity (Wildman–Crippen MR) is 105 cm³/mol. The van der Waals surface area contributed by atoms with Gasteiger partial charge in [0.1, 0.15) is 0 Å². The van der Waals surface area contributed by atoms with Gasteiger partial charge >= 0.3 is 0 Å². The minimum absolute atomic E-state index is 0. The van der Waals surface area contributed by atoms with Crippen LogP contribution in [-0.4, -0.2) is 45.2 Å². The lowest BCUT2D eigenvalue weighted by molar-refractivity contribution is -0.115. The largest absolute Gasteiger partial charge is 0.382 e. The summed E-state index contributed by atoms with van der Waals surface area (Å²) in [6.07, 6.45) is 1.76. The Kier molecular flexibility index (Phi) is 12.8. The second-order valence-corrected chi connectivity index (χ2v) is 5.03. The Morgan fingerprint density at radius 3 is 2.54 bits per heavy atom. The monoisotopic (exact) mass is 488 g/mol. The van der Waals surface area contributed by atoms with Crippen LogP contribution < -0.4 is 16.0 Å². The third-order valence-electron chi connectivity index (χ3n) is 3.16. The van der Waals surface area contributed by atoms with E-state index in [0.717, 1.165) is 25.0 Å². The Labute approximate surface area is 168 Å². The number of ether oxygens (including phenoxy) is 1. The van der Waals surface area contributed by atoms with Crippen molar-refractivity contribution < 1.29 is 22.7 Å². The summed E-state index contributed by atoms with van der Waals surface area (Å²) in [4.78, 5) is 15.7. The molecule has 3 N–H and O–H groups in total. The van der Waals surface area contributed by atoms with Crippen molar-refractivity contribution in [3.05, 3.63) is 29.6 Å². The summed E-state index contributed by atoms with van der Waals surface area (Å²) in [5.74, 6) is -4.61. The number of hydrogen-bond donors (Lipinski definition) is 3. The van der Waals surface area contributed by atoms with Crippen LogP contribution in [0.25, 0.3) is 0 Å². The smallest absolute Gasteiger partial charge is 0.243 e. The fourth-order valence-corrected chi connectivity index (χ4v) is 1.88. The highest BCUT2D eigenvalue weighted by Crippen LogP contribution is 2.19. The Morgan fingerprint density at radius 2 is 1.88 bits per heavy atom. The summed E-state index contributed by atoms with van der Waals surface area (Å²) in [7, 11) is 1.54. The number of hydrogen-bond acceptors (Lipinski definition) is 3. The van der Waals surface area contributed by atoms with Crippen molar-refractivity contribution in [1.29, 1.82) is 0 Å². The SMILES string of the molecule is CCOCCCCNC(=NC)NCC(=O)Nc1ccc(F)c(F)c1F.I. The molecule has 0 atom stereocenters. The molecule has 26 heavy (non-hydrogen) atoms. The molecule has 0 saturated carbocycles. The van der Waals surface area contributed by atoms with Crippen molar-refractivity contribution in [3.8, 4) is 0 Å². The molecule has 1 rings (SSSR count). The first kappa shape index (κ1) is 24.4. The molecule has 0 aliphatic heterocycles. The maximum Gasteiger partial charge on any atom is 0.243 e. The van der Waals surface area contributed by atoms with Crippen molar-refractivity contribution in [2.24, 2.45) is 4.99 Å². The van der Waals surface area contributed by atoms with Crippen LogP contribution in [0.15, 0.2) is 17.1 Å². The van der Waals surface area contributed by atoms with Crippen LogP contribution in [0.3, 0.4) is 0 Å². The van der Waals surface area contributed by atoms with Gasteiger partial charge in [-0.05, 0) is 31.9 Å². The Morgan fingerprint density at radius 1 is 1.15 bits per heavy atom. The third-order valence-corrected chi connectivity index (χ3v) is 3.16. The lowest BCUT2D eigenvalue weighted by Crippen LogP contribution is -2.41. The molecule has 1 amide bonds. The van der Waals surface area contributed by atoms with E-state index in [9.17, 15) is 18.0 Å². The number of aliphatic imine (C=N–C) groups is 1. The maximum atomic E-state index is 13.5. The van der Waals surface area contributed by atoms with Gasteiger partial charge in [0.15, 0.2) is 23.4 Å². The van der Waals surface area contributed by atoms with Gasteiger partial charge < -0.3 is 20.7 Å². The number of anilines is 1. The molecule has 0 aliphatic carbocycles. The van der Waals surface area contributed by atoms with Crippen LogP contribution in [0, 0.1) is 17.5 Å². The Hall–Kier alpha value is -1.56. The lowest BCUT2D eigenvalue weighted by Gasteiger charge is -2.12. The number of amides is 1. The van der Waals surface area contributed by atoms with Gasteiger partial charge in [0, 0.05) is 26.8 Å².